The third kappa shape index (κ3) is 3.99. The van der Waals surface area contributed by atoms with Crippen molar-refractivity contribution in [2.24, 2.45) is 5.73 Å². The number of alkyl halides is 3. The summed E-state index contributed by atoms with van der Waals surface area (Å²) in [5, 5.41) is 9.41. The van der Waals surface area contributed by atoms with Crippen molar-refractivity contribution in [1.82, 2.24) is 4.98 Å². The van der Waals surface area contributed by atoms with Crippen LogP contribution in [0.5, 0.6) is 0 Å². The summed E-state index contributed by atoms with van der Waals surface area (Å²) < 4.78 is 36.1. The van der Waals surface area contributed by atoms with Crippen LogP contribution in [-0.4, -0.2) is 28.2 Å². The summed E-state index contributed by atoms with van der Waals surface area (Å²) in [7, 11) is 0. The van der Waals surface area contributed by atoms with Crippen LogP contribution in [0.2, 0.25) is 0 Å². The molecule has 98 valence electrons. The SMILES string of the molecule is N=C(Br)c1cnc(C(N)=O)cc1NCC(F)(F)F. The number of halogens is 4. The first-order chi connectivity index (χ1) is 8.20. The Bertz CT molecular complexity index is 489. The molecule has 5 nitrogen and oxygen atoms in total. The van der Waals surface area contributed by atoms with Crippen LogP contribution in [-0.2, 0) is 0 Å². The molecule has 0 unspecified atom stereocenters. The molecule has 0 bridgehead atoms. The molecular weight excluding hydrogens is 317 g/mol. The minimum Gasteiger partial charge on any atom is -0.376 e. The van der Waals surface area contributed by atoms with E-state index < -0.39 is 18.6 Å². The highest BCUT2D eigenvalue weighted by Gasteiger charge is 2.27. The number of hydrogen-bond acceptors (Lipinski definition) is 4. The lowest BCUT2D eigenvalue weighted by Gasteiger charge is -2.13. The second-order valence-electron chi connectivity index (χ2n) is 3.26. The fourth-order valence-corrected chi connectivity index (χ4v) is 1.42. The van der Waals surface area contributed by atoms with Crippen molar-refractivity contribution in [3.05, 3.63) is 23.5 Å². The van der Waals surface area contributed by atoms with Gasteiger partial charge in [-0.25, -0.2) is 0 Å². The van der Waals surface area contributed by atoms with Crippen molar-refractivity contribution in [3.8, 4) is 0 Å². The number of anilines is 1. The molecule has 0 aliphatic carbocycles. The molecule has 0 fully saturated rings. The van der Waals surface area contributed by atoms with Crippen molar-refractivity contribution in [1.29, 1.82) is 5.41 Å². The molecule has 1 heterocycles. The number of nitrogens with two attached hydrogens (primary N) is 1. The van der Waals surface area contributed by atoms with Gasteiger partial charge in [-0.1, -0.05) is 0 Å². The second-order valence-corrected chi connectivity index (χ2v) is 4.06. The van der Waals surface area contributed by atoms with Gasteiger partial charge in [-0.05, 0) is 22.0 Å². The number of amides is 1. The molecule has 0 saturated heterocycles. The number of aromatic nitrogens is 1. The third-order valence-electron chi connectivity index (χ3n) is 1.87. The van der Waals surface area contributed by atoms with Gasteiger partial charge in [0, 0.05) is 17.4 Å². The van der Waals surface area contributed by atoms with E-state index in [9.17, 15) is 18.0 Å². The molecule has 1 amide bonds. The fraction of sp³-hybridized carbons (Fsp3) is 0.222. The number of nitrogens with one attached hydrogen (secondary N) is 2. The van der Waals surface area contributed by atoms with Gasteiger partial charge in [0.05, 0.1) is 0 Å². The summed E-state index contributed by atoms with van der Waals surface area (Å²) in [6, 6.07) is 1.07. The van der Waals surface area contributed by atoms with Crippen LogP contribution in [0.1, 0.15) is 16.1 Å². The first-order valence-corrected chi connectivity index (χ1v) is 5.35. The molecule has 1 aromatic rings. The van der Waals surface area contributed by atoms with Gasteiger partial charge >= 0.3 is 6.18 Å². The van der Waals surface area contributed by atoms with E-state index in [1.807, 2.05) is 0 Å². The maximum Gasteiger partial charge on any atom is 0.405 e. The van der Waals surface area contributed by atoms with Crippen LogP contribution in [0.4, 0.5) is 18.9 Å². The number of pyridine rings is 1. The Labute approximate surface area is 108 Å². The smallest absolute Gasteiger partial charge is 0.376 e. The van der Waals surface area contributed by atoms with Crippen molar-refractivity contribution >= 4 is 32.1 Å². The van der Waals surface area contributed by atoms with E-state index in [1.165, 1.54) is 0 Å². The Morgan fingerprint density at radius 1 is 1.56 bits per heavy atom. The normalized spacial score (nSPS) is 11.1. The molecule has 18 heavy (non-hydrogen) atoms. The summed E-state index contributed by atoms with van der Waals surface area (Å²) in [4.78, 5) is 14.5. The Morgan fingerprint density at radius 3 is 2.61 bits per heavy atom. The molecule has 0 aliphatic rings. The second kappa shape index (κ2) is 5.34. The average molecular weight is 325 g/mol. The van der Waals surface area contributed by atoms with E-state index in [0.29, 0.717) is 0 Å². The number of carbonyl (C=O) groups excluding carboxylic acids is 1. The standard InChI is InChI=1S/C9H8BrF3N4O/c10-7(14)4-2-16-6(8(15)18)1-5(4)17-3-9(11,12)13/h1-2,14H,3H2,(H2,15,18)(H,16,17). The van der Waals surface area contributed by atoms with E-state index >= 15 is 0 Å². The number of carbonyl (C=O) groups is 1. The van der Waals surface area contributed by atoms with E-state index in [-0.39, 0.29) is 21.6 Å². The van der Waals surface area contributed by atoms with E-state index in [2.05, 4.69) is 26.2 Å². The topological polar surface area (TPSA) is 91.9 Å². The zero-order chi connectivity index (χ0) is 13.9. The van der Waals surface area contributed by atoms with Gasteiger partial charge in [0.25, 0.3) is 5.91 Å². The molecule has 0 aromatic carbocycles. The lowest BCUT2D eigenvalue weighted by molar-refractivity contribution is -0.115. The van der Waals surface area contributed by atoms with Crippen LogP contribution in [0.25, 0.3) is 0 Å². The van der Waals surface area contributed by atoms with Crippen LogP contribution in [0, 0.1) is 5.41 Å². The minimum atomic E-state index is -4.41. The summed E-state index contributed by atoms with van der Waals surface area (Å²) in [6.07, 6.45) is -3.32. The Hall–Kier alpha value is -1.64. The van der Waals surface area contributed by atoms with Crippen LogP contribution >= 0.6 is 15.9 Å². The zero-order valence-corrected chi connectivity index (χ0v) is 10.4. The van der Waals surface area contributed by atoms with Crippen molar-refractivity contribution in [3.63, 3.8) is 0 Å². The number of hydrogen-bond donors (Lipinski definition) is 3. The highest BCUT2D eigenvalue weighted by Crippen LogP contribution is 2.21. The quantitative estimate of drug-likeness (QED) is 0.738. The molecule has 1 rings (SSSR count). The number of nitrogens with zero attached hydrogens (tertiary/aromatic N) is 1. The van der Waals surface area contributed by atoms with Gasteiger partial charge in [0.1, 0.15) is 16.9 Å². The Balaban J connectivity index is 3.08. The highest BCUT2D eigenvalue weighted by molar-refractivity contribution is 9.18. The fourth-order valence-electron chi connectivity index (χ4n) is 1.11. The zero-order valence-electron chi connectivity index (χ0n) is 8.81. The van der Waals surface area contributed by atoms with Crippen LogP contribution in [0.3, 0.4) is 0 Å². The molecule has 1 aromatic heterocycles. The number of rotatable bonds is 4. The lowest BCUT2D eigenvalue weighted by atomic mass is 10.2. The highest BCUT2D eigenvalue weighted by atomic mass is 79.9. The van der Waals surface area contributed by atoms with Gasteiger partial charge in [0.15, 0.2) is 0 Å². The minimum absolute atomic E-state index is 0.0435. The molecule has 0 spiro atoms. The summed E-state index contributed by atoms with van der Waals surface area (Å²) in [5.74, 6) is -0.863. The maximum atomic E-state index is 12.1. The first kappa shape index (κ1) is 14.4. The molecule has 0 saturated carbocycles. The van der Waals surface area contributed by atoms with Crippen molar-refractivity contribution in [2.75, 3.05) is 11.9 Å². The van der Waals surface area contributed by atoms with E-state index in [1.54, 1.807) is 0 Å². The largest absolute Gasteiger partial charge is 0.405 e. The van der Waals surface area contributed by atoms with Gasteiger partial charge in [-0.3, -0.25) is 15.2 Å². The third-order valence-corrected chi connectivity index (χ3v) is 2.30. The summed E-state index contributed by atoms with van der Waals surface area (Å²) >= 11 is 2.82. The van der Waals surface area contributed by atoms with Crippen LogP contribution in [0.15, 0.2) is 12.3 Å². The Kier molecular flexibility index (Phi) is 4.28. The molecule has 0 radical (unpaired) electrons. The maximum absolute atomic E-state index is 12.1. The van der Waals surface area contributed by atoms with Gasteiger partial charge in [0.2, 0.25) is 0 Å². The Morgan fingerprint density at radius 2 is 2.17 bits per heavy atom. The first-order valence-electron chi connectivity index (χ1n) is 4.55. The van der Waals surface area contributed by atoms with Crippen molar-refractivity contribution < 1.29 is 18.0 Å². The predicted molar refractivity (Wildman–Crippen MR) is 63.1 cm³/mol. The van der Waals surface area contributed by atoms with E-state index in [0.717, 1.165) is 12.3 Å². The molecule has 4 N–H and O–H groups in total. The average Bonchev–Trinajstić information content (AvgIpc) is 2.24. The van der Waals surface area contributed by atoms with Gasteiger partial charge in [-0.2, -0.15) is 13.2 Å². The lowest BCUT2D eigenvalue weighted by Crippen LogP contribution is -2.23. The summed E-state index contributed by atoms with van der Waals surface area (Å²) in [5.41, 5.74) is 4.85. The molecular formula is C9H8BrF3N4O. The molecule has 9 heteroatoms. The predicted octanol–water partition coefficient (Wildman–Crippen LogP) is 1.87. The molecule has 0 atom stereocenters. The number of primary amides is 1. The molecule has 0 aliphatic heterocycles. The van der Waals surface area contributed by atoms with Gasteiger partial charge in [-0.15, -0.1) is 0 Å². The van der Waals surface area contributed by atoms with Crippen LogP contribution < -0.4 is 11.1 Å². The van der Waals surface area contributed by atoms with Crippen molar-refractivity contribution in [2.45, 2.75) is 6.18 Å². The van der Waals surface area contributed by atoms with Gasteiger partial charge < -0.3 is 11.1 Å². The van der Waals surface area contributed by atoms with E-state index in [4.69, 9.17) is 11.1 Å². The summed E-state index contributed by atoms with van der Waals surface area (Å²) in [6.45, 7) is -1.29. The monoisotopic (exact) mass is 324 g/mol.